The summed E-state index contributed by atoms with van der Waals surface area (Å²) in [5.41, 5.74) is 0.885. The summed E-state index contributed by atoms with van der Waals surface area (Å²) >= 11 is 0. The Morgan fingerprint density at radius 3 is 3.14 bits per heavy atom. The van der Waals surface area contributed by atoms with E-state index >= 15 is 0 Å². The van der Waals surface area contributed by atoms with Crippen molar-refractivity contribution in [2.24, 2.45) is 0 Å². The third kappa shape index (κ3) is 4.31. The molecule has 1 aliphatic heterocycles. The summed E-state index contributed by atoms with van der Waals surface area (Å²) in [5, 5.41) is 20.8. The van der Waals surface area contributed by atoms with E-state index < -0.39 is 0 Å². The van der Waals surface area contributed by atoms with Crippen LogP contribution in [0, 0.1) is 11.3 Å². The van der Waals surface area contributed by atoms with Gasteiger partial charge in [-0.15, -0.1) is 0 Å². The molecular weight excluding hydrogens is 268 g/mol. The number of nitrogens with one attached hydrogen (secondary N) is 2. The van der Waals surface area contributed by atoms with E-state index in [4.69, 9.17) is 5.26 Å². The lowest BCUT2D eigenvalue weighted by atomic mass is 10.2. The van der Waals surface area contributed by atoms with Crippen molar-refractivity contribution in [3.05, 3.63) is 23.5 Å². The number of aliphatic hydroxyl groups excluding tert-OH is 1. The average Bonchev–Trinajstić information content (AvgIpc) is 3.15. The van der Waals surface area contributed by atoms with Crippen molar-refractivity contribution in [3.63, 3.8) is 0 Å². The molecule has 1 amide bonds. The number of nitriles is 1. The molecule has 2 rings (SSSR count). The molecule has 1 aliphatic rings. The van der Waals surface area contributed by atoms with Crippen molar-refractivity contribution >= 4 is 5.91 Å². The smallest absolute Gasteiger partial charge is 0.267 e. The molecule has 0 radical (unpaired) electrons. The maximum absolute atomic E-state index is 11.8. The molecule has 1 aromatic rings. The number of aromatic nitrogens is 1. The van der Waals surface area contributed by atoms with E-state index in [2.05, 4.69) is 15.2 Å². The minimum Gasteiger partial charge on any atom is -0.395 e. The topological polar surface area (TPSA) is 92.1 Å². The average molecular weight is 290 g/mol. The van der Waals surface area contributed by atoms with Gasteiger partial charge in [-0.05, 0) is 44.8 Å². The van der Waals surface area contributed by atoms with E-state index in [-0.39, 0.29) is 12.5 Å². The van der Waals surface area contributed by atoms with Crippen LogP contribution in [0.3, 0.4) is 0 Å². The Balaban J connectivity index is 1.61. The zero-order valence-corrected chi connectivity index (χ0v) is 12.1. The number of likely N-dealkylation sites (tertiary alicyclic amines) is 1. The van der Waals surface area contributed by atoms with Gasteiger partial charge in [0, 0.05) is 18.8 Å². The Morgan fingerprint density at radius 1 is 1.57 bits per heavy atom. The van der Waals surface area contributed by atoms with Gasteiger partial charge in [0.05, 0.1) is 12.2 Å². The number of hydrogen-bond acceptors (Lipinski definition) is 4. The van der Waals surface area contributed by atoms with E-state index in [1.165, 1.54) is 6.20 Å². The fourth-order valence-corrected chi connectivity index (χ4v) is 2.72. The van der Waals surface area contributed by atoms with Crippen molar-refractivity contribution in [1.29, 1.82) is 5.26 Å². The molecule has 1 aromatic heterocycles. The molecule has 1 fully saturated rings. The van der Waals surface area contributed by atoms with Crippen LogP contribution in [-0.4, -0.2) is 53.2 Å². The third-order valence-corrected chi connectivity index (χ3v) is 3.92. The Kier molecular flexibility index (Phi) is 5.78. The second-order valence-electron chi connectivity index (χ2n) is 5.39. The molecule has 0 spiro atoms. The van der Waals surface area contributed by atoms with Crippen molar-refractivity contribution in [1.82, 2.24) is 15.2 Å². The first-order valence-electron chi connectivity index (χ1n) is 7.46. The first-order chi connectivity index (χ1) is 10.2. The molecule has 1 atom stereocenters. The molecule has 0 bridgehead atoms. The monoisotopic (exact) mass is 290 g/mol. The first kappa shape index (κ1) is 15.5. The standard InChI is InChI=1S/C15H22N4O2/c16-9-12-8-14(18-10-12)15(21)17-5-1-2-6-19-7-3-4-13(19)11-20/h8,10,13,18,20H,1-7,11H2,(H,17,21). The van der Waals surface area contributed by atoms with Gasteiger partial charge in [0.1, 0.15) is 11.8 Å². The lowest BCUT2D eigenvalue weighted by Crippen LogP contribution is -2.33. The second kappa shape index (κ2) is 7.81. The quantitative estimate of drug-likeness (QED) is 0.649. The molecule has 114 valence electrons. The SMILES string of the molecule is N#Cc1c[nH]c(C(=O)NCCCCN2CCCC2CO)c1. The molecular formula is C15H22N4O2. The summed E-state index contributed by atoms with van der Waals surface area (Å²) in [6.45, 7) is 2.90. The number of hydrogen-bond donors (Lipinski definition) is 3. The van der Waals surface area contributed by atoms with Gasteiger partial charge in [-0.1, -0.05) is 0 Å². The highest BCUT2D eigenvalue weighted by atomic mass is 16.3. The highest BCUT2D eigenvalue weighted by molar-refractivity contribution is 5.92. The number of H-pyrrole nitrogens is 1. The number of amides is 1. The normalized spacial score (nSPS) is 18.6. The van der Waals surface area contributed by atoms with Crippen LogP contribution in [0.15, 0.2) is 12.3 Å². The summed E-state index contributed by atoms with van der Waals surface area (Å²) in [6.07, 6.45) is 5.69. The van der Waals surface area contributed by atoms with Gasteiger partial charge >= 0.3 is 0 Å². The summed E-state index contributed by atoms with van der Waals surface area (Å²) < 4.78 is 0. The number of rotatable bonds is 7. The van der Waals surface area contributed by atoms with Crippen molar-refractivity contribution < 1.29 is 9.90 Å². The molecule has 0 aromatic carbocycles. The van der Waals surface area contributed by atoms with Crippen LogP contribution < -0.4 is 5.32 Å². The van der Waals surface area contributed by atoms with Gasteiger partial charge in [-0.25, -0.2) is 0 Å². The fourth-order valence-electron chi connectivity index (χ4n) is 2.72. The summed E-state index contributed by atoms with van der Waals surface area (Å²) in [7, 11) is 0. The second-order valence-corrected chi connectivity index (χ2v) is 5.39. The first-order valence-corrected chi connectivity index (χ1v) is 7.46. The molecule has 6 heteroatoms. The zero-order valence-electron chi connectivity index (χ0n) is 12.1. The van der Waals surface area contributed by atoms with Crippen molar-refractivity contribution in [2.45, 2.75) is 31.7 Å². The number of aliphatic hydroxyl groups is 1. The van der Waals surface area contributed by atoms with Gasteiger partial charge in [0.25, 0.3) is 5.91 Å². The number of nitrogens with zero attached hydrogens (tertiary/aromatic N) is 2. The highest BCUT2D eigenvalue weighted by Crippen LogP contribution is 2.16. The highest BCUT2D eigenvalue weighted by Gasteiger charge is 2.22. The van der Waals surface area contributed by atoms with E-state index in [0.29, 0.717) is 23.8 Å². The number of unbranched alkanes of at least 4 members (excludes halogenated alkanes) is 1. The molecule has 3 N–H and O–H groups in total. The maximum Gasteiger partial charge on any atom is 0.267 e. The largest absolute Gasteiger partial charge is 0.395 e. The Labute approximate surface area is 124 Å². The molecule has 2 heterocycles. The van der Waals surface area contributed by atoms with E-state index in [9.17, 15) is 9.90 Å². The van der Waals surface area contributed by atoms with Gasteiger partial charge in [-0.2, -0.15) is 5.26 Å². The molecule has 1 saturated heterocycles. The van der Waals surface area contributed by atoms with E-state index in [1.54, 1.807) is 6.07 Å². The minimum atomic E-state index is -0.175. The maximum atomic E-state index is 11.8. The van der Waals surface area contributed by atoms with Crippen LogP contribution in [0.5, 0.6) is 0 Å². The summed E-state index contributed by atoms with van der Waals surface area (Å²) in [4.78, 5) is 16.9. The lowest BCUT2D eigenvalue weighted by Gasteiger charge is -2.22. The van der Waals surface area contributed by atoms with Crippen LogP contribution in [0.25, 0.3) is 0 Å². The van der Waals surface area contributed by atoms with Crippen LogP contribution in [0.2, 0.25) is 0 Å². The third-order valence-electron chi connectivity index (χ3n) is 3.92. The van der Waals surface area contributed by atoms with Gasteiger partial charge in [0.2, 0.25) is 0 Å². The van der Waals surface area contributed by atoms with Crippen LogP contribution in [0.1, 0.15) is 41.7 Å². The van der Waals surface area contributed by atoms with Crippen molar-refractivity contribution in [2.75, 3.05) is 26.2 Å². The molecule has 1 unspecified atom stereocenters. The number of carbonyl (C=O) groups excluding carboxylic acids is 1. The Morgan fingerprint density at radius 2 is 2.43 bits per heavy atom. The number of carbonyl (C=O) groups is 1. The van der Waals surface area contributed by atoms with Gasteiger partial charge in [-0.3, -0.25) is 9.69 Å². The predicted octanol–water partition coefficient (Wildman–Crippen LogP) is 0.853. The Hall–Kier alpha value is -1.84. The van der Waals surface area contributed by atoms with E-state index in [1.807, 2.05) is 6.07 Å². The van der Waals surface area contributed by atoms with E-state index in [0.717, 1.165) is 38.8 Å². The molecule has 6 nitrogen and oxygen atoms in total. The molecule has 0 saturated carbocycles. The van der Waals surface area contributed by atoms with Crippen LogP contribution >= 0.6 is 0 Å². The lowest BCUT2D eigenvalue weighted by molar-refractivity contribution is 0.0948. The molecule has 21 heavy (non-hydrogen) atoms. The summed E-state index contributed by atoms with van der Waals surface area (Å²) in [6, 6.07) is 3.85. The Bertz CT molecular complexity index is 506. The summed E-state index contributed by atoms with van der Waals surface area (Å²) in [5.74, 6) is -0.175. The van der Waals surface area contributed by atoms with Gasteiger partial charge in [0.15, 0.2) is 0 Å². The zero-order chi connectivity index (χ0) is 15.1. The van der Waals surface area contributed by atoms with Gasteiger partial charge < -0.3 is 15.4 Å². The molecule has 0 aliphatic carbocycles. The predicted molar refractivity (Wildman–Crippen MR) is 78.8 cm³/mol. The minimum absolute atomic E-state index is 0.175. The van der Waals surface area contributed by atoms with Crippen LogP contribution in [0.4, 0.5) is 0 Å². The fraction of sp³-hybridized carbons (Fsp3) is 0.600. The number of aromatic amines is 1. The van der Waals surface area contributed by atoms with Crippen molar-refractivity contribution in [3.8, 4) is 6.07 Å². The van der Waals surface area contributed by atoms with Crippen LogP contribution in [-0.2, 0) is 0 Å².